The second kappa shape index (κ2) is 7.70. The zero-order chi connectivity index (χ0) is 15.2. The zero-order valence-corrected chi connectivity index (χ0v) is 14.7. The van der Waals surface area contributed by atoms with Gasteiger partial charge >= 0.3 is 0 Å². The van der Waals surface area contributed by atoms with Crippen molar-refractivity contribution >= 4 is 37.8 Å². The van der Waals surface area contributed by atoms with Gasteiger partial charge in [-0.3, -0.25) is 4.79 Å². The Kier molecular flexibility index (Phi) is 6.57. The normalized spacial score (nSPS) is 10.8. The molecule has 3 nitrogen and oxygen atoms in total. The summed E-state index contributed by atoms with van der Waals surface area (Å²) in [6, 6.07) is 5.49. The van der Waals surface area contributed by atoms with Crippen LogP contribution in [0.2, 0.25) is 0 Å². The van der Waals surface area contributed by atoms with Crippen LogP contribution in [0.25, 0.3) is 0 Å². The van der Waals surface area contributed by atoms with Gasteiger partial charge in [-0.25, -0.2) is 0 Å². The van der Waals surface area contributed by atoms with Gasteiger partial charge in [0, 0.05) is 4.47 Å². The minimum atomic E-state index is -0.586. The SMILES string of the molecule is C#CC(CC)(CC)NC(=O)COc1ccc(Br)cc1Br. The Morgan fingerprint density at radius 1 is 1.40 bits per heavy atom. The monoisotopic (exact) mass is 401 g/mol. The largest absolute Gasteiger partial charge is 0.483 e. The van der Waals surface area contributed by atoms with E-state index in [2.05, 4.69) is 43.1 Å². The molecule has 0 bridgehead atoms. The number of nitrogens with one attached hydrogen (secondary N) is 1. The van der Waals surface area contributed by atoms with E-state index >= 15 is 0 Å². The summed E-state index contributed by atoms with van der Waals surface area (Å²) in [6.07, 6.45) is 6.88. The Hall–Kier alpha value is -0.990. The fourth-order valence-corrected chi connectivity index (χ4v) is 2.87. The summed E-state index contributed by atoms with van der Waals surface area (Å²) in [6.45, 7) is 3.84. The number of terminal acetylenes is 1. The maximum atomic E-state index is 11.9. The highest BCUT2D eigenvalue weighted by molar-refractivity contribution is 9.11. The third-order valence-electron chi connectivity index (χ3n) is 3.11. The van der Waals surface area contributed by atoms with Gasteiger partial charge in [-0.05, 0) is 47.0 Å². The quantitative estimate of drug-likeness (QED) is 0.732. The first-order chi connectivity index (χ1) is 9.46. The van der Waals surface area contributed by atoms with Gasteiger partial charge in [0.25, 0.3) is 5.91 Å². The lowest BCUT2D eigenvalue weighted by atomic mass is 9.94. The van der Waals surface area contributed by atoms with Crippen LogP contribution in [0.5, 0.6) is 5.75 Å². The van der Waals surface area contributed by atoms with Gasteiger partial charge in [-0.1, -0.05) is 35.7 Å². The third kappa shape index (κ3) is 4.53. The minimum absolute atomic E-state index is 0.0658. The molecule has 1 amide bonds. The Labute approximate surface area is 136 Å². The average Bonchev–Trinajstić information content (AvgIpc) is 2.44. The molecule has 0 fully saturated rings. The molecule has 0 radical (unpaired) electrons. The summed E-state index contributed by atoms with van der Waals surface area (Å²) in [5, 5.41) is 2.86. The smallest absolute Gasteiger partial charge is 0.259 e. The molecule has 0 aliphatic heterocycles. The lowest BCUT2D eigenvalue weighted by Gasteiger charge is -2.27. The molecule has 0 saturated carbocycles. The number of carbonyl (C=O) groups excluding carboxylic acids is 1. The highest BCUT2D eigenvalue weighted by Gasteiger charge is 2.25. The Bertz CT molecular complexity index is 519. The molecule has 1 aromatic rings. The first kappa shape index (κ1) is 17.1. The first-order valence-corrected chi connectivity index (χ1v) is 7.91. The van der Waals surface area contributed by atoms with Crippen molar-refractivity contribution in [1.29, 1.82) is 0 Å². The van der Waals surface area contributed by atoms with Crippen molar-refractivity contribution in [1.82, 2.24) is 5.32 Å². The van der Waals surface area contributed by atoms with Crippen molar-refractivity contribution in [2.75, 3.05) is 6.61 Å². The van der Waals surface area contributed by atoms with Crippen molar-refractivity contribution in [3.63, 3.8) is 0 Å². The van der Waals surface area contributed by atoms with Crippen LogP contribution in [0, 0.1) is 12.3 Å². The van der Waals surface area contributed by atoms with Crippen LogP contribution in [0.4, 0.5) is 0 Å². The van der Waals surface area contributed by atoms with Crippen LogP contribution in [0.1, 0.15) is 26.7 Å². The molecule has 0 heterocycles. The first-order valence-electron chi connectivity index (χ1n) is 6.33. The molecule has 1 aromatic carbocycles. The Balaban J connectivity index is 2.62. The number of rotatable bonds is 6. The van der Waals surface area contributed by atoms with Gasteiger partial charge in [-0.2, -0.15) is 0 Å². The molecule has 0 spiro atoms. The van der Waals surface area contributed by atoms with Crippen molar-refractivity contribution in [3.05, 3.63) is 27.1 Å². The molecule has 108 valence electrons. The van der Waals surface area contributed by atoms with Crippen LogP contribution < -0.4 is 10.1 Å². The molecule has 0 saturated heterocycles. The van der Waals surface area contributed by atoms with E-state index in [1.165, 1.54) is 0 Å². The van der Waals surface area contributed by atoms with E-state index in [0.717, 1.165) is 8.95 Å². The van der Waals surface area contributed by atoms with Gasteiger partial charge in [0.15, 0.2) is 6.61 Å². The van der Waals surface area contributed by atoms with E-state index in [0.29, 0.717) is 18.6 Å². The predicted octanol–water partition coefficient (Wildman–Crippen LogP) is 3.90. The molecular formula is C15H17Br2NO2. The maximum absolute atomic E-state index is 11.9. The van der Waals surface area contributed by atoms with Crippen molar-refractivity contribution < 1.29 is 9.53 Å². The summed E-state index contributed by atoms with van der Waals surface area (Å²) >= 11 is 6.74. The third-order valence-corrected chi connectivity index (χ3v) is 4.23. The molecule has 0 aromatic heterocycles. The summed E-state index contributed by atoms with van der Waals surface area (Å²) in [7, 11) is 0. The number of hydrogen-bond acceptors (Lipinski definition) is 2. The number of carbonyl (C=O) groups is 1. The van der Waals surface area contributed by atoms with E-state index in [1.807, 2.05) is 26.0 Å². The van der Waals surface area contributed by atoms with Crippen molar-refractivity contribution in [2.45, 2.75) is 32.2 Å². The van der Waals surface area contributed by atoms with Crippen LogP contribution in [-0.2, 0) is 4.79 Å². The molecule has 0 aliphatic rings. The number of hydrogen-bond donors (Lipinski definition) is 1. The second-order valence-corrected chi connectivity index (χ2v) is 6.12. The second-order valence-electron chi connectivity index (χ2n) is 4.35. The number of amides is 1. The van der Waals surface area contributed by atoms with Crippen molar-refractivity contribution in [3.8, 4) is 18.1 Å². The van der Waals surface area contributed by atoms with E-state index < -0.39 is 5.54 Å². The minimum Gasteiger partial charge on any atom is -0.483 e. The maximum Gasteiger partial charge on any atom is 0.259 e. The highest BCUT2D eigenvalue weighted by atomic mass is 79.9. The van der Waals surface area contributed by atoms with Crippen LogP contribution >= 0.6 is 31.9 Å². The average molecular weight is 403 g/mol. The number of ether oxygens (including phenoxy) is 1. The fourth-order valence-electron chi connectivity index (χ4n) is 1.71. The standard InChI is InChI=1S/C15H17Br2NO2/c1-4-15(5-2,6-3)18-14(19)10-20-13-8-7-11(16)9-12(13)17/h1,7-9H,5-6,10H2,2-3H3,(H,18,19). The summed E-state index contributed by atoms with van der Waals surface area (Å²) < 4.78 is 7.21. The van der Waals surface area contributed by atoms with E-state index in [4.69, 9.17) is 11.2 Å². The van der Waals surface area contributed by atoms with E-state index in [1.54, 1.807) is 6.07 Å². The van der Waals surface area contributed by atoms with E-state index in [9.17, 15) is 4.79 Å². The molecule has 0 unspecified atom stereocenters. The lowest BCUT2D eigenvalue weighted by molar-refractivity contribution is -0.124. The topological polar surface area (TPSA) is 38.3 Å². The molecule has 5 heteroatoms. The number of benzene rings is 1. The molecule has 20 heavy (non-hydrogen) atoms. The summed E-state index contributed by atoms with van der Waals surface area (Å²) in [5.41, 5.74) is -0.586. The fraction of sp³-hybridized carbons (Fsp3) is 0.400. The molecule has 0 atom stereocenters. The molecular weight excluding hydrogens is 386 g/mol. The van der Waals surface area contributed by atoms with Crippen LogP contribution in [-0.4, -0.2) is 18.1 Å². The Morgan fingerprint density at radius 3 is 2.55 bits per heavy atom. The van der Waals surface area contributed by atoms with Gasteiger partial charge in [0.2, 0.25) is 0 Å². The lowest BCUT2D eigenvalue weighted by Crippen LogP contribution is -2.48. The molecule has 1 N–H and O–H groups in total. The van der Waals surface area contributed by atoms with Gasteiger partial charge in [-0.15, -0.1) is 6.42 Å². The summed E-state index contributed by atoms with van der Waals surface area (Å²) in [4.78, 5) is 11.9. The number of halogens is 2. The predicted molar refractivity (Wildman–Crippen MR) is 87.6 cm³/mol. The Morgan fingerprint density at radius 2 is 2.05 bits per heavy atom. The highest BCUT2D eigenvalue weighted by Crippen LogP contribution is 2.28. The van der Waals surface area contributed by atoms with Gasteiger partial charge < -0.3 is 10.1 Å². The van der Waals surface area contributed by atoms with Gasteiger partial charge in [0.05, 0.1) is 4.47 Å². The zero-order valence-electron chi connectivity index (χ0n) is 11.5. The van der Waals surface area contributed by atoms with Crippen LogP contribution in [0.15, 0.2) is 27.1 Å². The summed E-state index contributed by atoms with van der Waals surface area (Å²) in [5.74, 6) is 3.05. The van der Waals surface area contributed by atoms with Gasteiger partial charge in [0.1, 0.15) is 11.3 Å². The van der Waals surface area contributed by atoms with Crippen LogP contribution in [0.3, 0.4) is 0 Å². The molecule has 1 rings (SSSR count). The molecule has 0 aliphatic carbocycles. The van der Waals surface area contributed by atoms with E-state index in [-0.39, 0.29) is 12.5 Å². The van der Waals surface area contributed by atoms with Crippen molar-refractivity contribution in [2.24, 2.45) is 0 Å².